The molecule has 11 heavy (non-hydrogen) atoms. The van der Waals surface area contributed by atoms with Gasteiger partial charge in [-0.1, -0.05) is 6.58 Å². The van der Waals surface area contributed by atoms with Crippen LogP contribution in [0.2, 0.25) is 0 Å². The summed E-state index contributed by atoms with van der Waals surface area (Å²) < 4.78 is 0. The van der Waals surface area contributed by atoms with E-state index in [-0.39, 0.29) is 0 Å². The second-order valence-corrected chi connectivity index (χ2v) is 2.09. The lowest BCUT2D eigenvalue weighted by Gasteiger charge is -2.14. The molecule has 0 aromatic heterocycles. The van der Waals surface area contributed by atoms with Gasteiger partial charge in [-0.2, -0.15) is 0 Å². The predicted molar refractivity (Wildman–Crippen MR) is 45.1 cm³/mol. The molecule has 0 aliphatic carbocycles. The van der Waals surface area contributed by atoms with Crippen LogP contribution in [0.1, 0.15) is 6.92 Å². The molecule has 1 amide bonds. The second-order valence-electron chi connectivity index (χ2n) is 2.09. The Morgan fingerprint density at radius 3 is 2.73 bits per heavy atom. The Morgan fingerprint density at radius 2 is 2.36 bits per heavy atom. The number of carbonyl (C=O) groups is 1. The zero-order chi connectivity index (χ0) is 8.85. The smallest absolute Gasteiger partial charge is 0.259 e. The van der Waals surface area contributed by atoms with Gasteiger partial charge in [0.15, 0.2) is 0 Å². The first-order valence-corrected chi connectivity index (χ1v) is 3.31. The number of hydrogen-bond donors (Lipinski definition) is 1. The molecule has 0 aliphatic rings. The standard InChI is InChI=1S/C7H13N3O/c1-4-10(3)6(2)9-5-7(8)11/h5H,2,4H2,1,3H3,(H2,8,11)/b9-5+. The highest BCUT2D eigenvalue weighted by atomic mass is 16.1. The molecule has 0 atom stereocenters. The van der Waals surface area contributed by atoms with E-state index in [4.69, 9.17) is 5.73 Å². The number of amides is 1. The van der Waals surface area contributed by atoms with Crippen molar-refractivity contribution in [3.63, 3.8) is 0 Å². The van der Waals surface area contributed by atoms with E-state index < -0.39 is 5.91 Å². The van der Waals surface area contributed by atoms with E-state index in [9.17, 15) is 4.79 Å². The SMILES string of the molecule is C=C(/N=C/C(N)=O)N(C)CC. The van der Waals surface area contributed by atoms with E-state index in [2.05, 4.69) is 11.6 Å². The van der Waals surface area contributed by atoms with Crippen LogP contribution in [0.4, 0.5) is 0 Å². The summed E-state index contributed by atoms with van der Waals surface area (Å²) in [4.78, 5) is 15.8. The molecule has 0 radical (unpaired) electrons. The summed E-state index contributed by atoms with van der Waals surface area (Å²) in [5, 5.41) is 0. The van der Waals surface area contributed by atoms with Gasteiger partial charge < -0.3 is 10.6 Å². The van der Waals surface area contributed by atoms with Crippen LogP contribution in [0.5, 0.6) is 0 Å². The fourth-order valence-electron chi connectivity index (χ4n) is 0.419. The molecular weight excluding hydrogens is 142 g/mol. The first-order valence-electron chi connectivity index (χ1n) is 3.31. The lowest BCUT2D eigenvalue weighted by Crippen LogP contribution is -2.17. The molecule has 4 nitrogen and oxygen atoms in total. The maximum absolute atomic E-state index is 10.2. The second kappa shape index (κ2) is 4.49. The van der Waals surface area contributed by atoms with Crippen molar-refractivity contribution in [1.82, 2.24) is 4.90 Å². The summed E-state index contributed by atoms with van der Waals surface area (Å²) in [5.74, 6) is -0.0260. The third kappa shape index (κ3) is 4.13. The molecule has 4 heteroatoms. The van der Waals surface area contributed by atoms with Crippen LogP contribution in [0.3, 0.4) is 0 Å². The summed E-state index contributed by atoms with van der Waals surface area (Å²) >= 11 is 0. The number of primary amides is 1. The summed E-state index contributed by atoms with van der Waals surface area (Å²) in [6.45, 7) is 6.38. The molecule has 0 unspecified atom stereocenters. The summed E-state index contributed by atoms with van der Waals surface area (Å²) in [6, 6.07) is 0. The Hall–Kier alpha value is -1.32. The van der Waals surface area contributed by atoms with E-state index in [1.807, 2.05) is 14.0 Å². The minimum absolute atomic E-state index is 0.534. The Morgan fingerprint density at radius 1 is 1.82 bits per heavy atom. The van der Waals surface area contributed by atoms with Gasteiger partial charge in [0.25, 0.3) is 5.91 Å². The van der Waals surface area contributed by atoms with Crippen molar-refractivity contribution >= 4 is 12.1 Å². The normalized spacial score (nSPS) is 10.0. The van der Waals surface area contributed by atoms with Crippen LogP contribution in [0.25, 0.3) is 0 Å². The largest absolute Gasteiger partial charge is 0.365 e. The van der Waals surface area contributed by atoms with Crippen molar-refractivity contribution < 1.29 is 4.79 Å². The van der Waals surface area contributed by atoms with E-state index in [1.165, 1.54) is 0 Å². The van der Waals surface area contributed by atoms with E-state index in [1.54, 1.807) is 4.90 Å². The van der Waals surface area contributed by atoms with Crippen molar-refractivity contribution in [2.75, 3.05) is 13.6 Å². The van der Waals surface area contributed by atoms with Gasteiger partial charge in [-0.3, -0.25) is 4.79 Å². The van der Waals surface area contributed by atoms with Gasteiger partial charge in [-0.25, -0.2) is 4.99 Å². The Kier molecular flexibility index (Phi) is 3.95. The minimum atomic E-state index is -0.560. The van der Waals surface area contributed by atoms with Crippen molar-refractivity contribution in [3.05, 3.63) is 12.4 Å². The summed E-state index contributed by atoms with van der Waals surface area (Å²) in [6.07, 6.45) is 1.05. The number of rotatable bonds is 4. The lowest BCUT2D eigenvalue weighted by atomic mass is 10.6. The van der Waals surface area contributed by atoms with Crippen molar-refractivity contribution in [2.24, 2.45) is 10.7 Å². The number of nitrogens with zero attached hydrogens (tertiary/aromatic N) is 2. The Balaban J connectivity index is 3.96. The van der Waals surface area contributed by atoms with Gasteiger partial charge in [-0.15, -0.1) is 0 Å². The molecule has 2 N–H and O–H groups in total. The molecule has 0 heterocycles. The van der Waals surface area contributed by atoms with Crippen LogP contribution in [0.15, 0.2) is 17.4 Å². The molecular formula is C7H13N3O. The monoisotopic (exact) mass is 155 g/mol. The lowest BCUT2D eigenvalue weighted by molar-refractivity contribution is -0.111. The van der Waals surface area contributed by atoms with Crippen LogP contribution in [-0.4, -0.2) is 30.6 Å². The number of carbonyl (C=O) groups excluding carboxylic acids is 1. The van der Waals surface area contributed by atoms with Gasteiger partial charge in [0.1, 0.15) is 5.82 Å². The van der Waals surface area contributed by atoms with Gasteiger partial charge in [0.2, 0.25) is 0 Å². The highest BCUT2D eigenvalue weighted by molar-refractivity contribution is 6.25. The van der Waals surface area contributed by atoms with Crippen molar-refractivity contribution in [3.8, 4) is 0 Å². The van der Waals surface area contributed by atoms with E-state index in [0.717, 1.165) is 12.8 Å². The number of aliphatic imine (C=N–C) groups is 1. The molecule has 0 aromatic carbocycles. The van der Waals surface area contributed by atoms with Crippen LogP contribution >= 0.6 is 0 Å². The quantitative estimate of drug-likeness (QED) is 0.579. The molecule has 0 aliphatic heterocycles. The summed E-state index contributed by atoms with van der Waals surface area (Å²) in [5.41, 5.74) is 4.83. The fraction of sp³-hybridized carbons (Fsp3) is 0.429. The molecule has 0 rings (SSSR count). The first-order chi connectivity index (χ1) is 5.07. The van der Waals surface area contributed by atoms with Crippen LogP contribution < -0.4 is 5.73 Å². The number of nitrogens with two attached hydrogens (primary N) is 1. The highest BCUT2D eigenvalue weighted by Crippen LogP contribution is 1.96. The van der Waals surface area contributed by atoms with Gasteiger partial charge >= 0.3 is 0 Å². The number of hydrogen-bond acceptors (Lipinski definition) is 3. The molecule has 0 aromatic rings. The van der Waals surface area contributed by atoms with E-state index >= 15 is 0 Å². The molecule has 62 valence electrons. The average Bonchev–Trinajstić information content (AvgIpc) is 1.98. The Labute approximate surface area is 66.4 Å². The molecule has 0 spiro atoms. The topological polar surface area (TPSA) is 58.7 Å². The third-order valence-electron chi connectivity index (χ3n) is 1.26. The van der Waals surface area contributed by atoms with Crippen molar-refractivity contribution in [1.29, 1.82) is 0 Å². The molecule has 0 saturated carbocycles. The van der Waals surface area contributed by atoms with Gasteiger partial charge in [0.05, 0.1) is 6.21 Å². The fourth-order valence-corrected chi connectivity index (χ4v) is 0.419. The summed E-state index contributed by atoms with van der Waals surface area (Å²) in [7, 11) is 1.83. The zero-order valence-electron chi connectivity index (χ0n) is 6.87. The maximum Gasteiger partial charge on any atom is 0.259 e. The predicted octanol–water partition coefficient (Wildman–Crippen LogP) is -0.0346. The van der Waals surface area contributed by atoms with Gasteiger partial charge in [0, 0.05) is 13.6 Å². The molecule has 0 bridgehead atoms. The third-order valence-corrected chi connectivity index (χ3v) is 1.26. The van der Waals surface area contributed by atoms with Crippen LogP contribution in [0, 0.1) is 0 Å². The van der Waals surface area contributed by atoms with E-state index in [0.29, 0.717) is 5.82 Å². The zero-order valence-corrected chi connectivity index (χ0v) is 6.87. The molecule has 0 saturated heterocycles. The maximum atomic E-state index is 10.2. The average molecular weight is 155 g/mol. The minimum Gasteiger partial charge on any atom is -0.365 e. The van der Waals surface area contributed by atoms with Crippen molar-refractivity contribution in [2.45, 2.75) is 6.92 Å². The van der Waals surface area contributed by atoms with Crippen LogP contribution in [-0.2, 0) is 4.79 Å². The highest BCUT2D eigenvalue weighted by Gasteiger charge is 1.94. The van der Waals surface area contributed by atoms with Gasteiger partial charge in [-0.05, 0) is 6.92 Å². The Bertz CT molecular complexity index is 186. The first kappa shape index (κ1) is 9.68. The molecule has 0 fully saturated rings.